The van der Waals surface area contributed by atoms with Crippen molar-refractivity contribution in [2.24, 2.45) is 0 Å². The van der Waals surface area contributed by atoms with Crippen molar-refractivity contribution in [3.05, 3.63) is 92.9 Å². The van der Waals surface area contributed by atoms with Crippen LogP contribution in [0.4, 0.5) is 5.69 Å². The van der Waals surface area contributed by atoms with Crippen molar-refractivity contribution < 1.29 is 18.0 Å². The number of amides is 2. The van der Waals surface area contributed by atoms with Crippen molar-refractivity contribution in [2.75, 3.05) is 10.8 Å². The van der Waals surface area contributed by atoms with E-state index in [1.807, 2.05) is 20.8 Å². The molecule has 0 heterocycles. The lowest BCUT2D eigenvalue weighted by Gasteiger charge is -2.34. The number of nitrogens with zero attached hydrogens (tertiary/aromatic N) is 2. The first-order valence-electron chi connectivity index (χ1n) is 13.3. The van der Waals surface area contributed by atoms with Crippen molar-refractivity contribution in [3.8, 4) is 0 Å². The Balaban J connectivity index is 2.10. The first-order chi connectivity index (χ1) is 19.4. The number of aryl methyl sites for hydroxylation is 1. The van der Waals surface area contributed by atoms with Crippen LogP contribution in [0.5, 0.6) is 0 Å². The summed E-state index contributed by atoms with van der Waals surface area (Å²) in [5.74, 6) is -0.907. The van der Waals surface area contributed by atoms with E-state index in [1.165, 1.54) is 29.2 Å². The minimum Gasteiger partial charge on any atom is -0.352 e. The standard InChI is InChI=1S/C30H34Cl3N3O4S/c1-5-21(4)34-30(38)26(6-2)35(18-22-12-14-23(31)15-13-22)28(37)19-36(27-9-7-8-25(32)29(27)33)41(39,40)24-16-10-20(3)11-17-24/h7-17,21,26H,5-6,18-19H2,1-4H3,(H,34,38)/t21-,26+/m0/s1. The van der Waals surface area contributed by atoms with Crippen molar-refractivity contribution in [1.29, 1.82) is 0 Å². The summed E-state index contributed by atoms with van der Waals surface area (Å²) < 4.78 is 28.9. The second-order valence-electron chi connectivity index (χ2n) is 9.79. The number of sulfonamides is 1. The fourth-order valence-corrected chi connectivity index (χ4v) is 6.18. The van der Waals surface area contributed by atoms with Gasteiger partial charge >= 0.3 is 0 Å². The lowest BCUT2D eigenvalue weighted by molar-refractivity contribution is -0.140. The molecule has 1 N–H and O–H groups in total. The van der Waals surface area contributed by atoms with E-state index >= 15 is 0 Å². The summed E-state index contributed by atoms with van der Waals surface area (Å²) in [4.78, 5) is 28.9. The van der Waals surface area contributed by atoms with E-state index in [2.05, 4.69) is 5.32 Å². The Morgan fingerprint density at radius 1 is 0.902 bits per heavy atom. The highest BCUT2D eigenvalue weighted by atomic mass is 35.5. The van der Waals surface area contributed by atoms with Crippen molar-refractivity contribution in [2.45, 2.75) is 64.1 Å². The van der Waals surface area contributed by atoms with Gasteiger partial charge in [0, 0.05) is 17.6 Å². The quantitative estimate of drug-likeness (QED) is 0.235. The van der Waals surface area contributed by atoms with Crippen LogP contribution in [0.15, 0.2) is 71.6 Å². The normalized spacial score (nSPS) is 12.9. The third-order valence-corrected chi connectivity index (χ3v) is 9.58. The molecule has 3 aromatic rings. The number of anilines is 1. The van der Waals surface area contributed by atoms with Gasteiger partial charge in [0.15, 0.2) is 0 Å². The van der Waals surface area contributed by atoms with Crippen LogP contribution in [0.1, 0.15) is 44.7 Å². The Labute approximate surface area is 257 Å². The molecular weight excluding hydrogens is 605 g/mol. The molecule has 0 bridgehead atoms. The molecule has 2 amide bonds. The van der Waals surface area contributed by atoms with Gasteiger partial charge in [-0.15, -0.1) is 0 Å². The molecule has 7 nitrogen and oxygen atoms in total. The molecule has 0 fully saturated rings. The molecule has 3 rings (SSSR count). The van der Waals surface area contributed by atoms with Gasteiger partial charge in [-0.05, 0) is 68.7 Å². The maximum atomic E-state index is 14.1. The van der Waals surface area contributed by atoms with E-state index in [0.717, 1.165) is 15.4 Å². The topological polar surface area (TPSA) is 86.8 Å². The lowest BCUT2D eigenvalue weighted by Crippen LogP contribution is -2.53. The number of carbonyl (C=O) groups excluding carboxylic acids is 2. The molecule has 11 heteroatoms. The molecule has 0 aromatic heterocycles. The van der Waals surface area contributed by atoms with Gasteiger partial charge in [0.1, 0.15) is 12.6 Å². The van der Waals surface area contributed by atoms with Crippen LogP contribution < -0.4 is 9.62 Å². The predicted octanol–water partition coefficient (Wildman–Crippen LogP) is 6.87. The Bertz CT molecular complexity index is 1470. The molecule has 41 heavy (non-hydrogen) atoms. The van der Waals surface area contributed by atoms with Gasteiger partial charge < -0.3 is 10.2 Å². The number of carbonyl (C=O) groups is 2. The summed E-state index contributed by atoms with van der Waals surface area (Å²) >= 11 is 18.8. The average molecular weight is 639 g/mol. The zero-order valence-corrected chi connectivity index (χ0v) is 26.5. The van der Waals surface area contributed by atoms with E-state index in [9.17, 15) is 18.0 Å². The summed E-state index contributed by atoms with van der Waals surface area (Å²) in [6.45, 7) is 6.92. The summed E-state index contributed by atoms with van der Waals surface area (Å²) in [6.07, 6.45) is 1.02. The highest BCUT2D eigenvalue weighted by Crippen LogP contribution is 2.35. The van der Waals surface area contributed by atoms with Gasteiger partial charge in [0.05, 0.1) is 20.6 Å². The second-order valence-corrected chi connectivity index (χ2v) is 12.9. The van der Waals surface area contributed by atoms with E-state index in [0.29, 0.717) is 17.9 Å². The van der Waals surface area contributed by atoms with Crippen molar-refractivity contribution >= 4 is 62.3 Å². The predicted molar refractivity (Wildman–Crippen MR) is 166 cm³/mol. The third kappa shape index (κ3) is 8.16. The maximum Gasteiger partial charge on any atom is 0.264 e. The number of hydrogen-bond donors (Lipinski definition) is 1. The Morgan fingerprint density at radius 3 is 2.12 bits per heavy atom. The number of hydrogen-bond acceptors (Lipinski definition) is 4. The van der Waals surface area contributed by atoms with Crippen LogP contribution in [-0.4, -0.2) is 43.8 Å². The van der Waals surface area contributed by atoms with Crippen molar-refractivity contribution in [1.82, 2.24) is 10.2 Å². The van der Waals surface area contributed by atoms with Gasteiger partial charge in [0.25, 0.3) is 10.0 Å². The smallest absolute Gasteiger partial charge is 0.264 e. The van der Waals surface area contributed by atoms with Gasteiger partial charge in [-0.25, -0.2) is 8.42 Å². The second kappa shape index (κ2) is 14.4. The largest absolute Gasteiger partial charge is 0.352 e. The van der Waals surface area contributed by atoms with Crippen LogP contribution in [0, 0.1) is 6.92 Å². The van der Waals surface area contributed by atoms with E-state index in [1.54, 1.807) is 49.4 Å². The monoisotopic (exact) mass is 637 g/mol. The van der Waals surface area contributed by atoms with Crippen LogP contribution in [-0.2, 0) is 26.2 Å². The summed E-state index contributed by atoms with van der Waals surface area (Å²) in [7, 11) is -4.27. The zero-order chi connectivity index (χ0) is 30.3. The van der Waals surface area contributed by atoms with Crippen LogP contribution in [0.3, 0.4) is 0 Å². The minimum absolute atomic E-state index is 0.0107. The first-order valence-corrected chi connectivity index (χ1v) is 15.8. The third-order valence-electron chi connectivity index (χ3n) is 6.74. The highest BCUT2D eigenvalue weighted by molar-refractivity contribution is 7.92. The SMILES string of the molecule is CC[C@H](C(=O)N[C@@H](C)CC)N(Cc1ccc(Cl)cc1)C(=O)CN(c1cccc(Cl)c1Cl)S(=O)(=O)c1ccc(C)cc1. The van der Waals surface area contributed by atoms with Crippen LogP contribution >= 0.6 is 34.8 Å². The maximum absolute atomic E-state index is 14.1. The molecule has 0 aliphatic rings. The minimum atomic E-state index is -4.27. The molecule has 0 aliphatic carbocycles. The molecule has 220 valence electrons. The highest BCUT2D eigenvalue weighted by Gasteiger charge is 2.35. The number of rotatable bonds is 12. The van der Waals surface area contributed by atoms with Gasteiger partial charge in [0.2, 0.25) is 11.8 Å². The molecule has 0 unspecified atom stereocenters. The molecule has 2 atom stereocenters. The Morgan fingerprint density at radius 2 is 1.54 bits per heavy atom. The summed E-state index contributed by atoms with van der Waals surface area (Å²) in [5, 5.41) is 3.60. The number of nitrogens with one attached hydrogen (secondary N) is 1. The number of halogens is 3. The fraction of sp³-hybridized carbons (Fsp3) is 0.333. The molecule has 0 spiro atoms. The van der Waals surface area contributed by atoms with E-state index < -0.39 is 28.5 Å². The Kier molecular flexibility index (Phi) is 11.5. The summed E-state index contributed by atoms with van der Waals surface area (Å²) in [6, 6.07) is 16.8. The first kappa shape index (κ1) is 32.7. The molecule has 0 saturated carbocycles. The molecule has 0 saturated heterocycles. The van der Waals surface area contributed by atoms with Crippen molar-refractivity contribution in [3.63, 3.8) is 0 Å². The van der Waals surface area contributed by atoms with Crippen LogP contribution in [0.2, 0.25) is 15.1 Å². The van der Waals surface area contributed by atoms with Gasteiger partial charge in [-0.3, -0.25) is 13.9 Å². The van der Waals surface area contributed by atoms with E-state index in [4.69, 9.17) is 34.8 Å². The van der Waals surface area contributed by atoms with Gasteiger partial charge in [-0.1, -0.05) is 84.5 Å². The fourth-order valence-electron chi connectivity index (χ4n) is 4.18. The Hall–Kier alpha value is -2.78. The molecular formula is C30H34Cl3N3O4S. The molecule has 0 aliphatic heterocycles. The molecule has 0 radical (unpaired) electrons. The molecule has 3 aromatic carbocycles. The van der Waals surface area contributed by atoms with Gasteiger partial charge in [-0.2, -0.15) is 0 Å². The van der Waals surface area contributed by atoms with E-state index in [-0.39, 0.29) is 39.1 Å². The van der Waals surface area contributed by atoms with Crippen LogP contribution in [0.25, 0.3) is 0 Å². The zero-order valence-electron chi connectivity index (χ0n) is 23.4. The lowest BCUT2D eigenvalue weighted by atomic mass is 10.1. The average Bonchev–Trinajstić information content (AvgIpc) is 2.94. The summed E-state index contributed by atoms with van der Waals surface area (Å²) in [5.41, 5.74) is 1.66. The number of benzene rings is 3.